The molecule has 0 saturated heterocycles. The van der Waals surface area contributed by atoms with E-state index in [0.717, 1.165) is 168 Å². The van der Waals surface area contributed by atoms with Crippen molar-refractivity contribution in [2.75, 3.05) is 0 Å². The fourth-order valence-electron chi connectivity index (χ4n) is 17.0. The van der Waals surface area contributed by atoms with Gasteiger partial charge in [-0.2, -0.15) is 24.9 Å². The predicted molar refractivity (Wildman–Crippen MR) is 505 cm³/mol. The van der Waals surface area contributed by atoms with E-state index in [0.29, 0.717) is 68.0 Å². The number of aromatic amines is 5. The van der Waals surface area contributed by atoms with E-state index in [-0.39, 0.29) is 34.3 Å². The van der Waals surface area contributed by atoms with Gasteiger partial charge in [0.1, 0.15) is 6.33 Å². The Morgan fingerprint density at radius 2 is 0.647 bits per heavy atom. The van der Waals surface area contributed by atoms with Crippen LogP contribution in [0.25, 0.3) is 113 Å². The quantitative estimate of drug-likeness (QED) is 0.0443. The number of nitrogens with zero attached hydrogens (tertiary/aromatic N) is 22. The smallest absolute Gasteiger partial charge is 0.349 e. The topological polar surface area (TPSA) is 478 Å². The summed E-state index contributed by atoms with van der Waals surface area (Å²) in [5.41, 5.74) is 16.7. The number of hydrogen-bond acceptors (Lipinski definition) is 25. The molecule has 1 aliphatic carbocycles. The summed E-state index contributed by atoms with van der Waals surface area (Å²) < 4.78 is 13.4. The fraction of sp³-hybridized carbons (Fsp3) is 0.323. The van der Waals surface area contributed by atoms with Crippen molar-refractivity contribution in [3.05, 3.63) is 312 Å². The molecule has 0 unspecified atom stereocenters. The maximum absolute atomic E-state index is 12.3. The summed E-state index contributed by atoms with van der Waals surface area (Å²) in [7, 11) is 0. The molecule has 9 aromatic rings. The first kappa shape index (κ1) is 90.5. The maximum atomic E-state index is 12.3. The highest BCUT2D eigenvalue weighted by atomic mass is 16.2. The van der Waals surface area contributed by atoms with Crippen LogP contribution in [-0.2, 0) is 58.7 Å². The van der Waals surface area contributed by atoms with Crippen molar-refractivity contribution in [1.82, 2.24) is 132 Å². The Morgan fingerprint density at radius 3 is 0.977 bits per heavy atom. The van der Waals surface area contributed by atoms with Gasteiger partial charge in [0.05, 0.1) is 55.2 Å². The molecular formula is C96H99N27O10. The van der Waals surface area contributed by atoms with Gasteiger partial charge in [-0.05, 0) is 295 Å². The Bertz CT molecular complexity index is 7620. The van der Waals surface area contributed by atoms with Crippen LogP contribution in [0.4, 0.5) is 0 Å². The van der Waals surface area contributed by atoms with Gasteiger partial charge in [-0.1, -0.05) is 38.2 Å². The second-order valence-electron chi connectivity index (χ2n) is 33.9. The highest BCUT2D eigenvalue weighted by Crippen LogP contribution is 2.33. The van der Waals surface area contributed by atoms with E-state index in [1.807, 2.05) is 195 Å². The largest absolute Gasteiger partial charge is 0.354 e. The van der Waals surface area contributed by atoms with Crippen LogP contribution < -0.4 is 56.2 Å². The summed E-state index contributed by atoms with van der Waals surface area (Å²) in [4.78, 5) is 182. The third kappa shape index (κ3) is 20.4. The van der Waals surface area contributed by atoms with E-state index in [1.54, 1.807) is 29.6 Å². The molecule has 5 aromatic carbocycles. The molecule has 1 fully saturated rings. The number of hydrogen-bond donors (Lipinski definition) is 5. The lowest BCUT2D eigenvalue weighted by molar-refractivity contribution is 0.326. The molecule has 0 atom stereocenters. The summed E-state index contributed by atoms with van der Waals surface area (Å²) in [6.45, 7) is 24.8. The van der Waals surface area contributed by atoms with E-state index in [2.05, 4.69) is 118 Å². The number of pyridine rings is 2. The molecule has 133 heavy (non-hydrogen) atoms. The zero-order chi connectivity index (χ0) is 93.4. The SMILES string of the molecule is Cc1cc2nc3c(=O)[nH]c(=O)nc-3n(CCCC3CCCCC3)c2cc1C.Cc1cc2nc3c(=O)[nH]c(=O)nc-3n(CCCc3cccnc3)c2cc1C.Cc1cc2nc3c(=O)[nH]c(=O)nc-3n(CCCc3ccncc3)c2cc1C.Cc1cc2nc3c(=O)[nH]c(=O)nc-3n(CCCn3cccc3)c2cc1C.Cc1cc2nc3c(=O)[nH]c(=O)nc-3n(CCCn3cnnn3)c2cc1C. The average Bonchev–Trinajstić information content (AvgIpc) is 0.905. The van der Waals surface area contributed by atoms with Crippen molar-refractivity contribution >= 4 is 55.2 Å². The maximum Gasteiger partial charge on any atom is 0.349 e. The highest BCUT2D eigenvalue weighted by molar-refractivity contribution is 5.85. The summed E-state index contributed by atoms with van der Waals surface area (Å²) in [5, 5.41) is 11.1. The Balaban J connectivity index is 0.000000121. The van der Waals surface area contributed by atoms with Crippen molar-refractivity contribution < 1.29 is 0 Å². The molecular weight excluding hydrogens is 1690 g/mol. The van der Waals surface area contributed by atoms with Crippen LogP contribution in [0.15, 0.2) is 189 Å². The molecule has 10 aliphatic heterocycles. The third-order valence-corrected chi connectivity index (χ3v) is 24.6. The van der Waals surface area contributed by atoms with Crippen molar-refractivity contribution in [3.8, 4) is 57.6 Å². The minimum absolute atomic E-state index is 0.155. The molecule has 37 nitrogen and oxygen atoms in total. The van der Waals surface area contributed by atoms with Crippen molar-refractivity contribution in [1.29, 1.82) is 0 Å². The lowest BCUT2D eigenvalue weighted by Gasteiger charge is -2.22. The molecule has 0 bridgehead atoms. The van der Waals surface area contributed by atoms with E-state index in [9.17, 15) is 47.9 Å². The number of nitrogens with one attached hydrogen (secondary N) is 5. The van der Waals surface area contributed by atoms with Gasteiger partial charge in [-0.15, -0.1) is 5.10 Å². The second-order valence-corrected chi connectivity index (χ2v) is 33.9. The first-order valence-corrected chi connectivity index (χ1v) is 44.3. The number of H-pyrrole nitrogens is 5. The molecule has 678 valence electrons. The first-order valence-electron chi connectivity index (χ1n) is 44.3. The fourth-order valence-corrected chi connectivity index (χ4v) is 17.0. The summed E-state index contributed by atoms with van der Waals surface area (Å²) in [6, 6.07) is 31.9. The van der Waals surface area contributed by atoms with Gasteiger partial charge in [-0.3, -0.25) is 58.9 Å². The number of aryl methyl sites for hydroxylation is 19. The van der Waals surface area contributed by atoms with Crippen LogP contribution in [-0.4, -0.2) is 132 Å². The molecule has 14 heterocycles. The van der Waals surface area contributed by atoms with Crippen LogP contribution in [0.5, 0.6) is 0 Å². The number of fused-ring (bicyclic) bond motifs is 10. The van der Waals surface area contributed by atoms with Gasteiger partial charge >= 0.3 is 28.4 Å². The summed E-state index contributed by atoms with van der Waals surface area (Å²) >= 11 is 0. The number of benzene rings is 5. The van der Waals surface area contributed by atoms with Crippen LogP contribution in [0.3, 0.4) is 0 Å². The van der Waals surface area contributed by atoms with Crippen molar-refractivity contribution in [2.24, 2.45) is 5.92 Å². The number of aromatic nitrogens is 27. The summed E-state index contributed by atoms with van der Waals surface area (Å²) in [5.74, 6) is 2.46. The van der Waals surface area contributed by atoms with Crippen molar-refractivity contribution in [3.63, 3.8) is 0 Å². The van der Waals surface area contributed by atoms with Crippen LogP contribution in [0.1, 0.15) is 137 Å². The van der Waals surface area contributed by atoms with Crippen LogP contribution >= 0.6 is 0 Å². The van der Waals surface area contributed by atoms with E-state index < -0.39 is 56.2 Å². The zero-order valence-electron chi connectivity index (χ0n) is 75.4. The standard InChI is InChI=1S/C21H26N4O2.2C20H19N5O2.C19H19N5O2.C16H16N8O2/c1-13-11-16-17(12-14(13)2)25(10-6-9-15-7-4-3-5-8-15)19-18(22-16)20(26)24-21(27)23-19;1-12-9-15-16(10-13(12)2)25(8-4-6-14-5-3-7-21-11-14)18-17(22-15)19(26)24-20(27)23-18;1-12-10-15-16(11-13(12)2)25(9-3-4-14-5-7-21-8-6-14)18-17(22-15)19(26)24-20(27)23-18;1-12-10-14-15(11-13(12)2)24(9-5-8-23-6-3-4-7-23)17-16(20-14)18(25)22-19(26)21-17;1-9-6-11-12(7-10(9)2)24(5-3-4-23-8-17-21-22-23)14-13(18-11)15(25)20-16(26)19-14/h11-12,15H,3-10H2,1-2H3,(H,24,26,27);3,5,7,9-11H,4,6,8H2,1-2H3,(H,24,26,27);5-8,10-11H,3-4,9H2,1-2H3,(H,24,26,27);3-4,6-7,10-11H,5,8-9H2,1-2H3,(H,22,25,26);6-8H,3-5H2,1-2H3,(H,20,25,26). The van der Waals surface area contributed by atoms with Gasteiger partial charge in [0.15, 0.2) is 57.6 Å². The Morgan fingerprint density at radius 1 is 0.323 bits per heavy atom. The zero-order valence-corrected chi connectivity index (χ0v) is 75.4. The van der Waals surface area contributed by atoms with E-state index >= 15 is 0 Å². The first-order chi connectivity index (χ1) is 64.1. The highest BCUT2D eigenvalue weighted by Gasteiger charge is 2.27. The van der Waals surface area contributed by atoms with E-state index in [4.69, 9.17) is 0 Å². The van der Waals surface area contributed by atoms with Gasteiger partial charge in [0, 0.05) is 83.0 Å². The Kier molecular flexibility index (Phi) is 27.0. The van der Waals surface area contributed by atoms with Gasteiger partial charge in [-0.25, -0.2) is 53.6 Å². The predicted octanol–water partition coefficient (Wildman–Crippen LogP) is 10.4. The van der Waals surface area contributed by atoms with Gasteiger partial charge in [0.25, 0.3) is 27.8 Å². The molecule has 20 rings (SSSR count). The Hall–Kier alpha value is -15.9. The van der Waals surface area contributed by atoms with Crippen LogP contribution in [0, 0.1) is 75.2 Å². The van der Waals surface area contributed by atoms with Crippen LogP contribution in [0.2, 0.25) is 0 Å². The van der Waals surface area contributed by atoms with E-state index in [1.165, 1.54) is 44.1 Å². The molecule has 11 aliphatic rings. The van der Waals surface area contributed by atoms with Crippen molar-refractivity contribution in [2.45, 2.75) is 199 Å². The van der Waals surface area contributed by atoms with Gasteiger partial charge < -0.3 is 27.4 Å². The summed E-state index contributed by atoms with van der Waals surface area (Å²) in [6.07, 6.45) is 26.5. The molecule has 1 saturated carbocycles. The second kappa shape index (κ2) is 39.6. The van der Waals surface area contributed by atoms with Gasteiger partial charge in [0.2, 0.25) is 0 Å². The molecule has 0 radical (unpaired) electrons. The lowest BCUT2D eigenvalue weighted by atomic mass is 9.86. The number of tetrazole rings is 1. The average molecular weight is 1790 g/mol. The normalized spacial score (nSPS) is 12.3. The molecule has 0 spiro atoms. The minimum Gasteiger partial charge on any atom is -0.354 e. The third-order valence-electron chi connectivity index (χ3n) is 24.6. The molecule has 4 aromatic heterocycles. The molecule has 5 N–H and O–H groups in total. The number of rotatable bonds is 20. The monoisotopic (exact) mass is 1790 g/mol. The lowest BCUT2D eigenvalue weighted by Crippen LogP contribution is -2.29. The molecule has 37 heteroatoms. The Labute approximate surface area is 757 Å². The molecule has 0 amide bonds. The minimum atomic E-state index is -0.679.